The number of benzene rings is 2. The molecule has 0 saturated carbocycles. The molecule has 4 bridgehead atoms. The summed E-state index contributed by atoms with van der Waals surface area (Å²) in [4.78, 5) is 34.9. The van der Waals surface area contributed by atoms with Crippen LogP contribution in [-0.4, -0.2) is 96.9 Å². The van der Waals surface area contributed by atoms with E-state index in [1.165, 1.54) is 0 Å². The summed E-state index contributed by atoms with van der Waals surface area (Å²) in [6, 6.07) is 13.3. The van der Waals surface area contributed by atoms with Crippen molar-refractivity contribution in [2.24, 2.45) is 0 Å². The molecule has 1 aromatic heterocycles. The number of likely N-dealkylation sites (tertiary alicyclic amines) is 1. The third-order valence-corrected chi connectivity index (χ3v) is 8.18. The number of aromatic nitrogens is 2. The van der Waals surface area contributed by atoms with Crippen molar-refractivity contribution < 1.29 is 28.5 Å². The fourth-order valence-corrected chi connectivity index (χ4v) is 5.76. The molecule has 2 amide bonds. The van der Waals surface area contributed by atoms with E-state index in [-0.39, 0.29) is 36.9 Å². The molecule has 44 heavy (non-hydrogen) atoms. The van der Waals surface area contributed by atoms with Gasteiger partial charge in [0.2, 0.25) is 11.8 Å². The van der Waals surface area contributed by atoms with Gasteiger partial charge in [-0.15, -0.1) is 0 Å². The van der Waals surface area contributed by atoms with Gasteiger partial charge in [0.15, 0.2) is 11.5 Å². The van der Waals surface area contributed by atoms with Crippen molar-refractivity contribution in [1.82, 2.24) is 24.7 Å². The number of hydrogen-bond donors (Lipinski definition) is 1. The molecule has 11 nitrogen and oxygen atoms in total. The van der Waals surface area contributed by atoms with Crippen LogP contribution in [0.3, 0.4) is 0 Å². The van der Waals surface area contributed by atoms with E-state index in [2.05, 4.69) is 19.8 Å². The third kappa shape index (κ3) is 8.37. The van der Waals surface area contributed by atoms with Crippen LogP contribution in [0.25, 0.3) is 0 Å². The molecule has 3 heterocycles. The summed E-state index contributed by atoms with van der Waals surface area (Å²) in [7, 11) is 3.19. The molecule has 2 atom stereocenters. The number of methoxy groups -OCH3 is 2. The van der Waals surface area contributed by atoms with Gasteiger partial charge in [-0.05, 0) is 55.2 Å². The van der Waals surface area contributed by atoms with Crippen molar-refractivity contribution in [3.63, 3.8) is 0 Å². The highest BCUT2D eigenvalue weighted by molar-refractivity contribution is 5.85. The van der Waals surface area contributed by atoms with E-state index in [1.54, 1.807) is 19.1 Å². The Kier molecular flexibility index (Phi) is 10.9. The van der Waals surface area contributed by atoms with Crippen molar-refractivity contribution >= 4 is 11.8 Å². The van der Waals surface area contributed by atoms with E-state index in [4.69, 9.17) is 18.9 Å². The summed E-state index contributed by atoms with van der Waals surface area (Å²) in [6.45, 7) is 6.12. The molecule has 1 fully saturated rings. The topological polar surface area (TPSA) is 107 Å². The normalized spacial score (nSPS) is 19.9. The Hall–Kier alpha value is -3.93. The number of carbonyl (C=O) groups excluding carboxylic acids is 2. The van der Waals surface area contributed by atoms with Gasteiger partial charge in [-0.3, -0.25) is 14.5 Å². The van der Waals surface area contributed by atoms with Crippen LogP contribution in [0.15, 0.2) is 54.9 Å². The maximum Gasteiger partial charge on any atom is 0.239 e. The summed E-state index contributed by atoms with van der Waals surface area (Å²) in [5.74, 6) is 2.53. The Labute approximate surface area is 259 Å². The minimum Gasteiger partial charge on any atom is -0.493 e. The van der Waals surface area contributed by atoms with Crippen molar-refractivity contribution in [2.45, 2.75) is 51.5 Å². The molecule has 3 aromatic rings. The van der Waals surface area contributed by atoms with E-state index < -0.39 is 0 Å². The SMILES string of the molecule is COCCN1CC(=O)N[C@H]2CN(CCCn3ccnc3C)C[C@@H]2OCc2cccc(c2)Oc2cc(ccc2OC)CCC1=O. The first-order chi connectivity index (χ1) is 21.4. The molecule has 1 saturated heterocycles. The first-order valence-electron chi connectivity index (χ1n) is 15.2. The number of amides is 2. The van der Waals surface area contributed by atoms with Crippen molar-refractivity contribution in [3.05, 3.63) is 71.8 Å². The number of ether oxygens (including phenoxy) is 4. The van der Waals surface area contributed by atoms with Crippen molar-refractivity contribution in [1.29, 1.82) is 0 Å². The fraction of sp³-hybridized carbons (Fsp3) is 0.485. The number of rotatable bonds is 8. The Balaban J connectivity index is 1.35. The van der Waals surface area contributed by atoms with Crippen molar-refractivity contribution in [2.75, 3.05) is 53.6 Å². The molecular formula is C33H43N5O6. The van der Waals surface area contributed by atoms with Crippen LogP contribution >= 0.6 is 0 Å². The van der Waals surface area contributed by atoms with Crippen LogP contribution < -0.4 is 14.8 Å². The van der Waals surface area contributed by atoms with E-state index >= 15 is 0 Å². The van der Waals surface area contributed by atoms with Gasteiger partial charge in [-0.1, -0.05) is 18.2 Å². The van der Waals surface area contributed by atoms with Gasteiger partial charge in [0.1, 0.15) is 11.6 Å². The fourth-order valence-electron chi connectivity index (χ4n) is 5.76. The second-order valence-corrected chi connectivity index (χ2v) is 11.3. The van der Waals surface area contributed by atoms with E-state index in [0.717, 1.165) is 36.5 Å². The number of nitrogens with one attached hydrogen (secondary N) is 1. The zero-order valence-corrected chi connectivity index (χ0v) is 25.9. The summed E-state index contributed by atoms with van der Waals surface area (Å²) < 4.78 is 25.6. The van der Waals surface area contributed by atoms with Crippen molar-refractivity contribution in [3.8, 4) is 17.2 Å². The van der Waals surface area contributed by atoms with Crippen LogP contribution in [0.4, 0.5) is 0 Å². The molecule has 236 valence electrons. The van der Waals surface area contributed by atoms with Crippen LogP contribution in [-0.2, 0) is 38.6 Å². The molecule has 0 unspecified atom stereocenters. The third-order valence-electron chi connectivity index (χ3n) is 8.18. The highest BCUT2D eigenvalue weighted by Gasteiger charge is 2.35. The summed E-state index contributed by atoms with van der Waals surface area (Å²) in [5, 5.41) is 3.18. The maximum atomic E-state index is 13.3. The van der Waals surface area contributed by atoms with Gasteiger partial charge in [0.25, 0.3) is 0 Å². The van der Waals surface area contributed by atoms with Gasteiger partial charge >= 0.3 is 0 Å². The Bertz CT molecular complexity index is 1410. The van der Waals surface area contributed by atoms with Gasteiger partial charge in [0.05, 0.1) is 39.0 Å². The number of carbonyl (C=O) groups is 2. The van der Waals surface area contributed by atoms with Gasteiger partial charge in [-0.2, -0.15) is 0 Å². The van der Waals surface area contributed by atoms with E-state index in [9.17, 15) is 9.59 Å². The molecule has 11 heteroatoms. The molecule has 5 rings (SSSR count). The summed E-state index contributed by atoms with van der Waals surface area (Å²) >= 11 is 0. The second kappa shape index (κ2) is 15.2. The standard InChI is InChI=1S/C33H43N5O6/c1-24-34-12-15-37(24)14-5-13-36-20-28-31(21-36)43-23-26-6-4-7-27(18-26)44-30-19-25(8-10-29(30)42-3)9-11-33(40)38(16-17-41-2)22-32(39)35-28/h4,6-8,10,12,15,18-19,28,31H,5,9,11,13-14,16-17,20-23H2,1-3H3,(H,35,39)/t28-,31-/m0/s1. The Morgan fingerprint density at radius 3 is 2.70 bits per heavy atom. The largest absolute Gasteiger partial charge is 0.493 e. The maximum absolute atomic E-state index is 13.3. The van der Waals surface area contributed by atoms with E-state index in [1.807, 2.05) is 61.8 Å². The quantitative estimate of drug-likeness (QED) is 0.417. The lowest BCUT2D eigenvalue weighted by molar-refractivity contribution is -0.137. The lowest BCUT2D eigenvalue weighted by atomic mass is 10.1. The Morgan fingerprint density at radius 1 is 1.02 bits per heavy atom. The highest BCUT2D eigenvalue weighted by Crippen LogP contribution is 2.33. The number of fused-ring (bicyclic) bond motifs is 5. The number of hydrogen-bond acceptors (Lipinski definition) is 8. The average Bonchev–Trinajstić information content (AvgIpc) is 3.61. The zero-order chi connectivity index (χ0) is 30.9. The molecule has 2 aliphatic rings. The predicted octanol–water partition coefficient (Wildman–Crippen LogP) is 3.19. The van der Waals surface area contributed by atoms with Crippen LogP contribution in [0, 0.1) is 6.92 Å². The minimum atomic E-state index is -0.211. The minimum absolute atomic E-state index is 0.0374. The number of nitrogens with zero attached hydrogens (tertiary/aromatic N) is 4. The zero-order valence-electron chi connectivity index (χ0n) is 25.9. The average molecular weight is 606 g/mol. The molecule has 0 radical (unpaired) electrons. The summed E-state index contributed by atoms with van der Waals surface area (Å²) in [6.07, 6.45) is 5.30. The smallest absolute Gasteiger partial charge is 0.239 e. The number of aryl methyl sites for hydroxylation is 3. The van der Waals surface area contributed by atoms with Crippen LogP contribution in [0.2, 0.25) is 0 Å². The van der Waals surface area contributed by atoms with Crippen LogP contribution in [0.1, 0.15) is 29.8 Å². The first-order valence-corrected chi connectivity index (χ1v) is 15.2. The lowest BCUT2D eigenvalue weighted by Gasteiger charge is -2.25. The molecule has 1 N–H and O–H groups in total. The second-order valence-electron chi connectivity index (χ2n) is 11.3. The Morgan fingerprint density at radius 2 is 1.91 bits per heavy atom. The lowest BCUT2D eigenvalue weighted by Crippen LogP contribution is -2.49. The van der Waals surface area contributed by atoms with E-state index in [0.29, 0.717) is 56.5 Å². The number of imidazole rings is 1. The summed E-state index contributed by atoms with van der Waals surface area (Å²) in [5.41, 5.74) is 1.90. The highest BCUT2D eigenvalue weighted by atomic mass is 16.5. The van der Waals surface area contributed by atoms with Gasteiger partial charge in [-0.25, -0.2) is 4.98 Å². The first kappa shape index (κ1) is 31.5. The predicted molar refractivity (Wildman–Crippen MR) is 165 cm³/mol. The monoisotopic (exact) mass is 605 g/mol. The van der Waals surface area contributed by atoms with Gasteiger partial charge in [0, 0.05) is 58.6 Å². The molecular weight excluding hydrogens is 562 g/mol. The van der Waals surface area contributed by atoms with Gasteiger partial charge < -0.3 is 33.7 Å². The molecule has 0 spiro atoms. The molecule has 2 aromatic carbocycles. The molecule has 2 aliphatic heterocycles. The van der Waals surface area contributed by atoms with Crippen LogP contribution in [0.5, 0.6) is 17.2 Å². The molecule has 0 aliphatic carbocycles.